The van der Waals surface area contributed by atoms with E-state index in [-0.39, 0.29) is 5.91 Å². The minimum absolute atomic E-state index is 0.0649. The molecule has 1 aromatic heterocycles. The Balaban J connectivity index is 1.38. The summed E-state index contributed by atoms with van der Waals surface area (Å²) in [5, 5.41) is 3.08. The predicted octanol–water partition coefficient (Wildman–Crippen LogP) is 4.13. The van der Waals surface area contributed by atoms with Gasteiger partial charge in [0, 0.05) is 56.7 Å². The van der Waals surface area contributed by atoms with Crippen LogP contribution in [0.15, 0.2) is 36.5 Å². The van der Waals surface area contributed by atoms with Crippen LogP contribution < -0.4 is 10.1 Å². The summed E-state index contributed by atoms with van der Waals surface area (Å²) in [6.45, 7) is 8.69. The van der Waals surface area contributed by atoms with Crippen molar-refractivity contribution in [3.63, 3.8) is 0 Å². The normalized spacial score (nSPS) is 17.7. The van der Waals surface area contributed by atoms with Gasteiger partial charge in [0.1, 0.15) is 5.75 Å². The number of nitrogens with zero attached hydrogens (tertiary/aromatic N) is 3. The average Bonchev–Trinajstić information content (AvgIpc) is 3.35. The number of ether oxygens (including phenoxy) is 1. The fourth-order valence-corrected chi connectivity index (χ4v) is 5.12. The number of aromatic nitrogens is 1. The van der Waals surface area contributed by atoms with Crippen LogP contribution in [0.3, 0.4) is 0 Å². The predicted molar refractivity (Wildman–Crippen MR) is 137 cm³/mol. The summed E-state index contributed by atoms with van der Waals surface area (Å²) in [6, 6.07) is 10.4. The lowest BCUT2D eigenvalue weighted by Crippen LogP contribution is -2.43. The van der Waals surface area contributed by atoms with Crippen LogP contribution in [0.2, 0.25) is 0 Å². The van der Waals surface area contributed by atoms with E-state index in [1.165, 1.54) is 36.8 Å². The lowest BCUT2D eigenvalue weighted by Gasteiger charge is -2.32. The molecule has 1 aromatic carbocycles. The Morgan fingerprint density at radius 2 is 1.91 bits per heavy atom. The molecule has 2 aromatic rings. The van der Waals surface area contributed by atoms with Crippen LogP contribution in [0.1, 0.15) is 50.3 Å². The first-order chi connectivity index (χ1) is 16.6. The highest BCUT2D eigenvalue weighted by molar-refractivity contribution is 5.78. The zero-order valence-electron chi connectivity index (χ0n) is 20.9. The molecule has 1 saturated heterocycles. The standard InChI is InChI=1S/C28H40N4O2/c1-3-34-26-10-11-27(24(18-26)21-32-16-14-31(2)15-17-32)23-8-9-25(30-20-23)19-28(33)29-13-12-22-6-4-5-7-22/h8-11,18,20,22H,3-7,12-17,19,21H2,1-2H3,(H,29,33). The van der Waals surface area contributed by atoms with E-state index in [9.17, 15) is 4.79 Å². The van der Waals surface area contributed by atoms with Crippen LogP contribution in [-0.4, -0.2) is 67.1 Å². The number of carbonyl (C=O) groups is 1. The fraction of sp³-hybridized carbons (Fsp3) is 0.571. The number of hydrogen-bond donors (Lipinski definition) is 1. The number of pyridine rings is 1. The van der Waals surface area contributed by atoms with Crippen LogP contribution in [0, 0.1) is 5.92 Å². The van der Waals surface area contributed by atoms with Gasteiger partial charge in [-0.2, -0.15) is 0 Å². The average molecular weight is 465 g/mol. The molecule has 1 saturated carbocycles. The Labute approximate surface area is 204 Å². The van der Waals surface area contributed by atoms with Gasteiger partial charge in [0.2, 0.25) is 5.91 Å². The SMILES string of the molecule is CCOc1ccc(-c2ccc(CC(=O)NCCC3CCCC3)nc2)c(CN2CCN(C)CC2)c1. The quantitative estimate of drug-likeness (QED) is 0.573. The van der Waals surface area contributed by atoms with E-state index in [2.05, 4.69) is 45.3 Å². The van der Waals surface area contributed by atoms with Crippen molar-refractivity contribution < 1.29 is 9.53 Å². The van der Waals surface area contributed by atoms with Gasteiger partial charge in [-0.3, -0.25) is 14.7 Å². The van der Waals surface area contributed by atoms with E-state index >= 15 is 0 Å². The Kier molecular flexibility index (Phi) is 8.94. The molecule has 6 heteroatoms. The molecule has 0 atom stereocenters. The van der Waals surface area contributed by atoms with Crippen LogP contribution in [0.4, 0.5) is 0 Å². The molecule has 2 aliphatic rings. The highest BCUT2D eigenvalue weighted by Crippen LogP contribution is 2.29. The fourth-order valence-electron chi connectivity index (χ4n) is 5.12. The van der Waals surface area contributed by atoms with Crippen molar-refractivity contribution in [2.24, 2.45) is 5.92 Å². The molecule has 6 nitrogen and oxygen atoms in total. The van der Waals surface area contributed by atoms with Gasteiger partial charge < -0.3 is 15.0 Å². The van der Waals surface area contributed by atoms with Gasteiger partial charge in [0.05, 0.1) is 13.0 Å². The molecule has 0 bridgehead atoms. The molecule has 1 aliphatic heterocycles. The number of hydrogen-bond acceptors (Lipinski definition) is 5. The first kappa shape index (κ1) is 24.7. The third kappa shape index (κ3) is 7.03. The van der Waals surface area contributed by atoms with Gasteiger partial charge in [-0.05, 0) is 55.6 Å². The van der Waals surface area contributed by atoms with E-state index in [1.807, 2.05) is 25.3 Å². The van der Waals surface area contributed by atoms with Gasteiger partial charge in [0.15, 0.2) is 0 Å². The number of likely N-dealkylation sites (N-methyl/N-ethyl adjacent to an activating group) is 1. The highest BCUT2D eigenvalue weighted by Gasteiger charge is 2.17. The van der Waals surface area contributed by atoms with E-state index in [0.717, 1.165) is 68.6 Å². The molecule has 2 fully saturated rings. The summed E-state index contributed by atoms with van der Waals surface area (Å²) in [6.07, 6.45) is 8.68. The third-order valence-electron chi connectivity index (χ3n) is 7.20. The van der Waals surface area contributed by atoms with Crippen molar-refractivity contribution in [3.05, 3.63) is 47.8 Å². The Morgan fingerprint density at radius 1 is 1.12 bits per heavy atom. The zero-order valence-corrected chi connectivity index (χ0v) is 20.9. The van der Waals surface area contributed by atoms with Crippen LogP contribution in [-0.2, 0) is 17.8 Å². The third-order valence-corrected chi connectivity index (χ3v) is 7.20. The first-order valence-corrected chi connectivity index (χ1v) is 13.0. The minimum Gasteiger partial charge on any atom is -0.494 e. The molecule has 0 radical (unpaired) electrons. The monoisotopic (exact) mass is 464 g/mol. The molecular weight excluding hydrogens is 424 g/mol. The second kappa shape index (κ2) is 12.3. The number of piperazine rings is 1. The number of amides is 1. The summed E-state index contributed by atoms with van der Waals surface area (Å²) in [4.78, 5) is 21.9. The maximum absolute atomic E-state index is 12.4. The second-order valence-corrected chi connectivity index (χ2v) is 9.84. The Morgan fingerprint density at radius 3 is 2.62 bits per heavy atom. The van der Waals surface area contributed by atoms with Crippen LogP contribution in [0.5, 0.6) is 5.75 Å². The smallest absolute Gasteiger partial charge is 0.226 e. The Hall–Kier alpha value is -2.44. The molecule has 1 aliphatic carbocycles. The summed E-state index contributed by atoms with van der Waals surface area (Å²) in [5.41, 5.74) is 4.34. The number of carbonyl (C=O) groups excluding carboxylic acids is 1. The first-order valence-electron chi connectivity index (χ1n) is 13.0. The van der Waals surface area contributed by atoms with E-state index < -0.39 is 0 Å². The van der Waals surface area contributed by atoms with Crippen LogP contribution in [0.25, 0.3) is 11.1 Å². The maximum atomic E-state index is 12.4. The lowest BCUT2D eigenvalue weighted by molar-refractivity contribution is -0.120. The molecule has 0 unspecified atom stereocenters. The molecule has 1 amide bonds. The molecular formula is C28H40N4O2. The van der Waals surface area contributed by atoms with Gasteiger partial charge in [-0.15, -0.1) is 0 Å². The van der Waals surface area contributed by atoms with Gasteiger partial charge in [-0.25, -0.2) is 0 Å². The molecule has 1 N–H and O–H groups in total. The van der Waals surface area contributed by atoms with Crippen molar-refractivity contribution in [2.45, 2.75) is 52.0 Å². The molecule has 184 valence electrons. The summed E-state index contributed by atoms with van der Waals surface area (Å²) in [7, 11) is 2.18. The molecule has 34 heavy (non-hydrogen) atoms. The Bertz CT molecular complexity index is 917. The van der Waals surface area contributed by atoms with Crippen molar-refractivity contribution >= 4 is 5.91 Å². The zero-order chi connectivity index (χ0) is 23.8. The van der Waals surface area contributed by atoms with Gasteiger partial charge in [0.25, 0.3) is 0 Å². The summed E-state index contributed by atoms with van der Waals surface area (Å²) < 4.78 is 5.78. The van der Waals surface area contributed by atoms with Crippen molar-refractivity contribution in [3.8, 4) is 16.9 Å². The second-order valence-electron chi connectivity index (χ2n) is 9.84. The minimum atomic E-state index is 0.0649. The lowest BCUT2D eigenvalue weighted by atomic mass is 9.99. The van der Waals surface area contributed by atoms with Crippen molar-refractivity contribution in [1.29, 1.82) is 0 Å². The van der Waals surface area contributed by atoms with Gasteiger partial charge >= 0.3 is 0 Å². The van der Waals surface area contributed by atoms with E-state index in [0.29, 0.717) is 13.0 Å². The van der Waals surface area contributed by atoms with Gasteiger partial charge in [-0.1, -0.05) is 37.8 Å². The maximum Gasteiger partial charge on any atom is 0.226 e. The highest BCUT2D eigenvalue weighted by atomic mass is 16.5. The largest absolute Gasteiger partial charge is 0.494 e. The summed E-state index contributed by atoms with van der Waals surface area (Å²) >= 11 is 0. The van der Waals surface area contributed by atoms with Crippen LogP contribution >= 0.6 is 0 Å². The van der Waals surface area contributed by atoms with Crippen molar-refractivity contribution in [1.82, 2.24) is 20.1 Å². The molecule has 0 spiro atoms. The number of benzene rings is 1. The number of nitrogens with one attached hydrogen (secondary N) is 1. The van der Waals surface area contributed by atoms with E-state index in [4.69, 9.17) is 4.74 Å². The summed E-state index contributed by atoms with van der Waals surface area (Å²) in [5.74, 6) is 1.77. The molecule has 4 rings (SSSR count). The van der Waals surface area contributed by atoms with E-state index in [1.54, 1.807) is 0 Å². The topological polar surface area (TPSA) is 57.7 Å². The number of rotatable bonds is 10. The molecule has 2 heterocycles. The van der Waals surface area contributed by atoms with Crippen molar-refractivity contribution in [2.75, 3.05) is 46.4 Å².